The Bertz CT molecular complexity index is 915. The lowest BCUT2D eigenvalue weighted by Gasteiger charge is -2.14. The first-order valence-electron chi connectivity index (χ1n) is 9.30. The highest BCUT2D eigenvalue weighted by Crippen LogP contribution is 2.28. The lowest BCUT2D eigenvalue weighted by molar-refractivity contribution is -0.128. The van der Waals surface area contributed by atoms with Gasteiger partial charge in [0.2, 0.25) is 0 Å². The third kappa shape index (κ3) is 5.28. The van der Waals surface area contributed by atoms with Gasteiger partial charge in [-0.15, -0.1) is 11.6 Å². The summed E-state index contributed by atoms with van der Waals surface area (Å²) in [6, 6.07) is 14.4. The van der Waals surface area contributed by atoms with Crippen LogP contribution >= 0.6 is 23.2 Å². The number of halogens is 2. The number of nitrogens with two attached hydrogens (primary N) is 1. The molecule has 3 N–H and O–H groups in total. The number of rotatable bonds is 8. The minimum absolute atomic E-state index is 0.183. The standard InChI is InChI=1S/C21H22Cl2N4O2/c22-12-19(24)25-11-3-6-18-20(28)27(21(29)26-18)13-14-7-9-15(10-8-14)16-4-1-2-5-17(16)23/h1-2,4-5,7-10,18H,3,6,11-13H2,(H2,24,25)(H,26,29). The minimum atomic E-state index is -0.530. The second kappa shape index (κ2) is 9.76. The quantitative estimate of drug-likeness (QED) is 0.218. The number of carbonyl (C=O) groups excluding carboxylic acids is 2. The molecular weight excluding hydrogens is 411 g/mol. The van der Waals surface area contributed by atoms with Crippen molar-refractivity contribution in [1.82, 2.24) is 10.2 Å². The van der Waals surface area contributed by atoms with Crippen molar-refractivity contribution in [3.8, 4) is 11.1 Å². The highest BCUT2D eigenvalue weighted by atomic mass is 35.5. The van der Waals surface area contributed by atoms with Crippen LogP contribution in [0.3, 0.4) is 0 Å². The number of hydrogen-bond acceptors (Lipinski definition) is 3. The van der Waals surface area contributed by atoms with Crippen molar-refractivity contribution in [2.45, 2.75) is 25.4 Å². The molecule has 1 saturated heterocycles. The molecule has 1 heterocycles. The molecule has 0 aliphatic carbocycles. The molecule has 1 aliphatic rings. The Balaban J connectivity index is 1.59. The third-order valence-corrected chi connectivity index (χ3v) is 5.29. The van der Waals surface area contributed by atoms with Crippen molar-refractivity contribution in [2.24, 2.45) is 10.7 Å². The van der Waals surface area contributed by atoms with Crippen molar-refractivity contribution in [2.75, 3.05) is 12.4 Å². The van der Waals surface area contributed by atoms with E-state index in [0.717, 1.165) is 16.7 Å². The number of urea groups is 1. The fourth-order valence-corrected chi connectivity index (χ4v) is 3.48. The molecule has 3 amide bonds. The van der Waals surface area contributed by atoms with E-state index in [-0.39, 0.29) is 24.4 Å². The van der Waals surface area contributed by atoms with E-state index >= 15 is 0 Å². The number of benzene rings is 2. The topological polar surface area (TPSA) is 87.8 Å². The Morgan fingerprint density at radius 1 is 1.14 bits per heavy atom. The first-order valence-corrected chi connectivity index (χ1v) is 10.2. The average Bonchev–Trinajstić information content (AvgIpc) is 2.99. The van der Waals surface area contributed by atoms with E-state index in [2.05, 4.69) is 10.3 Å². The minimum Gasteiger partial charge on any atom is -0.386 e. The molecule has 0 bridgehead atoms. The van der Waals surface area contributed by atoms with Gasteiger partial charge in [0.15, 0.2) is 0 Å². The van der Waals surface area contributed by atoms with Gasteiger partial charge in [0.05, 0.1) is 12.4 Å². The average molecular weight is 433 g/mol. The van der Waals surface area contributed by atoms with Crippen LogP contribution in [-0.4, -0.2) is 41.1 Å². The van der Waals surface area contributed by atoms with Crippen molar-refractivity contribution in [3.63, 3.8) is 0 Å². The van der Waals surface area contributed by atoms with E-state index in [1.807, 2.05) is 48.5 Å². The predicted molar refractivity (Wildman–Crippen MR) is 116 cm³/mol. The summed E-state index contributed by atoms with van der Waals surface area (Å²) in [5.74, 6) is 0.331. The molecule has 152 valence electrons. The zero-order chi connectivity index (χ0) is 20.8. The third-order valence-electron chi connectivity index (χ3n) is 4.69. The van der Waals surface area contributed by atoms with E-state index in [0.29, 0.717) is 30.2 Å². The summed E-state index contributed by atoms with van der Waals surface area (Å²) in [6.45, 7) is 0.697. The molecule has 3 rings (SSSR count). The molecule has 1 atom stereocenters. The molecule has 0 spiro atoms. The van der Waals surface area contributed by atoms with Crippen molar-refractivity contribution >= 4 is 41.0 Å². The van der Waals surface area contributed by atoms with Crippen LogP contribution in [0.1, 0.15) is 18.4 Å². The van der Waals surface area contributed by atoms with Crippen LogP contribution in [0.2, 0.25) is 5.02 Å². The lowest BCUT2D eigenvalue weighted by atomic mass is 10.0. The van der Waals surface area contributed by atoms with Crippen LogP contribution in [0.5, 0.6) is 0 Å². The number of amides is 3. The summed E-state index contributed by atoms with van der Waals surface area (Å²) < 4.78 is 0. The highest BCUT2D eigenvalue weighted by Gasteiger charge is 2.37. The number of nitrogens with one attached hydrogen (secondary N) is 1. The van der Waals surface area contributed by atoms with Gasteiger partial charge in [-0.05, 0) is 30.0 Å². The summed E-state index contributed by atoms with van der Waals surface area (Å²) in [7, 11) is 0. The monoisotopic (exact) mass is 432 g/mol. The van der Waals surface area contributed by atoms with Gasteiger partial charge in [-0.1, -0.05) is 54.1 Å². The van der Waals surface area contributed by atoms with Crippen LogP contribution in [0.25, 0.3) is 11.1 Å². The van der Waals surface area contributed by atoms with E-state index in [4.69, 9.17) is 28.9 Å². The van der Waals surface area contributed by atoms with E-state index in [9.17, 15) is 9.59 Å². The van der Waals surface area contributed by atoms with Crippen LogP contribution in [0.15, 0.2) is 53.5 Å². The smallest absolute Gasteiger partial charge is 0.325 e. The van der Waals surface area contributed by atoms with Gasteiger partial charge in [-0.2, -0.15) is 0 Å². The van der Waals surface area contributed by atoms with Gasteiger partial charge in [0.1, 0.15) is 11.9 Å². The number of imide groups is 1. The Kier molecular flexibility index (Phi) is 7.12. The molecule has 0 aromatic heterocycles. The zero-order valence-corrected chi connectivity index (χ0v) is 17.3. The van der Waals surface area contributed by atoms with Gasteiger partial charge < -0.3 is 11.1 Å². The van der Waals surface area contributed by atoms with Crippen molar-refractivity contribution in [1.29, 1.82) is 0 Å². The largest absolute Gasteiger partial charge is 0.386 e. The fourth-order valence-electron chi connectivity index (χ4n) is 3.15. The molecule has 2 aromatic carbocycles. The predicted octanol–water partition coefficient (Wildman–Crippen LogP) is 3.80. The first kappa shape index (κ1) is 21.1. The molecule has 0 radical (unpaired) electrons. The SMILES string of the molecule is NC(CCl)=NCCCC1NC(=O)N(Cc2ccc(-c3ccccc3Cl)cc2)C1=O. The number of amidine groups is 1. The number of nitrogens with zero attached hydrogens (tertiary/aromatic N) is 2. The van der Waals surface area contributed by atoms with E-state index < -0.39 is 6.04 Å². The first-order chi connectivity index (χ1) is 14.0. The summed E-state index contributed by atoms with van der Waals surface area (Å²) >= 11 is 11.8. The van der Waals surface area contributed by atoms with Crippen LogP contribution in [0, 0.1) is 0 Å². The molecule has 6 nitrogen and oxygen atoms in total. The molecule has 1 aliphatic heterocycles. The molecule has 1 unspecified atom stereocenters. The van der Waals surface area contributed by atoms with Crippen molar-refractivity contribution < 1.29 is 9.59 Å². The Labute approximate surface area is 179 Å². The lowest BCUT2D eigenvalue weighted by Crippen LogP contribution is -2.31. The van der Waals surface area contributed by atoms with Gasteiger partial charge in [-0.3, -0.25) is 14.7 Å². The molecule has 29 heavy (non-hydrogen) atoms. The zero-order valence-electron chi connectivity index (χ0n) is 15.8. The molecular formula is C21H22Cl2N4O2. The molecule has 8 heteroatoms. The normalized spacial score (nSPS) is 17.0. The van der Waals surface area contributed by atoms with Gasteiger partial charge in [-0.25, -0.2) is 4.79 Å². The molecule has 1 fully saturated rings. The number of aliphatic imine (C=N–C) groups is 1. The van der Waals surface area contributed by atoms with E-state index in [1.54, 1.807) is 0 Å². The van der Waals surface area contributed by atoms with Crippen LogP contribution < -0.4 is 11.1 Å². The highest BCUT2D eigenvalue weighted by molar-refractivity contribution is 6.33. The van der Waals surface area contributed by atoms with E-state index in [1.165, 1.54) is 4.90 Å². The Morgan fingerprint density at radius 2 is 1.86 bits per heavy atom. The maximum atomic E-state index is 12.6. The number of alkyl halides is 1. The van der Waals surface area contributed by atoms with Crippen molar-refractivity contribution in [3.05, 3.63) is 59.1 Å². The maximum Gasteiger partial charge on any atom is 0.325 e. The van der Waals surface area contributed by atoms with Crippen LogP contribution in [-0.2, 0) is 11.3 Å². The number of carbonyl (C=O) groups is 2. The second-order valence-electron chi connectivity index (χ2n) is 6.75. The van der Waals surface area contributed by atoms with Gasteiger partial charge >= 0.3 is 6.03 Å². The van der Waals surface area contributed by atoms with Gasteiger partial charge in [0.25, 0.3) is 5.91 Å². The second-order valence-corrected chi connectivity index (χ2v) is 7.43. The maximum absolute atomic E-state index is 12.6. The Morgan fingerprint density at radius 3 is 2.55 bits per heavy atom. The summed E-state index contributed by atoms with van der Waals surface area (Å²) in [4.78, 5) is 30.1. The van der Waals surface area contributed by atoms with Gasteiger partial charge in [0, 0.05) is 17.1 Å². The molecule has 2 aromatic rings. The summed E-state index contributed by atoms with van der Waals surface area (Å²) in [5, 5.41) is 3.41. The van der Waals surface area contributed by atoms with Crippen LogP contribution in [0.4, 0.5) is 4.79 Å². The molecule has 0 saturated carbocycles. The summed E-state index contributed by atoms with van der Waals surface area (Å²) in [6.07, 6.45) is 1.14. The Hall–Kier alpha value is -2.57. The number of hydrogen-bond donors (Lipinski definition) is 2. The summed E-state index contributed by atoms with van der Waals surface area (Å²) in [5.41, 5.74) is 8.33. The fraction of sp³-hybridized carbons (Fsp3) is 0.286.